The Labute approximate surface area is 235 Å². The first-order valence-corrected chi connectivity index (χ1v) is 13.6. The van der Waals surface area contributed by atoms with Gasteiger partial charge in [-0.25, -0.2) is 4.98 Å². The van der Waals surface area contributed by atoms with Crippen molar-refractivity contribution in [3.63, 3.8) is 0 Å². The van der Waals surface area contributed by atoms with Crippen LogP contribution in [0.5, 0.6) is 17.2 Å². The summed E-state index contributed by atoms with van der Waals surface area (Å²) in [6, 6.07) is 12.8. The highest BCUT2D eigenvalue weighted by Gasteiger charge is 2.48. The summed E-state index contributed by atoms with van der Waals surface area (Å²) in [7, 11) is 3.10. The van der Waals surface area contributed by atoms with E-state index < -0.39 is 17.7 Å². The van der Waals surface area contributed by atoms with Gasteiger partial charge in [-0.3, -0.25) is 19.5 Å². The van der Waals surface area contributed by atoms with Gasteiger partial charge in [-0.1, -0.05) is 31.3 Å². The van der Waals surface area contributed by atoms with Crippen molar-refractivity contribution >= 4 is 44.1 Å². The van der Waals surface area contributed by atoms with E-state index in [9.17, 15) is 14.7 Å². The molecule has 10 heteroatoms. The van der Waals surface area contributed by atoms with Crippen molar-refractivity contribution < 1.29 is 28.9 Å². The van der Waals surface area contributed by atoms with Gasteiger partial charge in [-0.15, -0.1) is 0 Å². The molecule has 2 aromatic carbocycles. The minimum absolute atomic E-state index is 0.0523. The Morgan fingerprint density at radius 2 is 1.80 bits per heavy atom. The average Bonchev–Trinajstić information content (AvgIpc) is 3.50. The molecule has 3 heterocycles. The van der Waals surface area contributed by atoms with E-state index >= 15 is 0 Å². The molecule has 5 rings (SSSR count). The van der Waals surface area contributed by atoms with Gasteiger partial charge in [0.15, 0.2) is 16.6 Å². The summed E-state index contributed by atoms with van der Waals surface area (Å²) in [6.45, 7) is 4.75. The standard InChI is InChI=1S/C30H29N3O6S/c1-17(2)11-14-39-22-8-5-19(15-23(22)38-4)26-25(27(34)18-9-12-31-13-10-18)28(35)29(36)33(26)30-32-21-7-6-20(37-3)16-24(21)40-30/h5-10,12-13,15-17,26,34H,11,14H2,1-4H3/b27-25+. The zero-order valence-electron chi connectivity index (χ0n) is 22.6. The second-order valence-corrected chi connectivity index (χ2v) is 10.7. The molecule has 4 aromatic rings. The summed E-state index contributed by atoms with van der Waals surface area (Å²) in [6.07, 6.45) is 3.89. The molecule has 1 aliphatic rings. The van der Waals surface area contributed by atoms with Crippen LogP contribution < -0.4 is 19.1 Å². The Morgan fingerprint density at radius 1 is 1.02 bits per heavy atom. The number of aliphatic hydroxyl groups excluding tert-OH is 1. The summed E-state index contributed by atoms with van der Waals surface area (Å²) in [5.41, 5.74) is 1.53. The van der Waals surface area contributed by atoms with Crippen LogP contribution in [0, 0.1) is 5.92 Å². The molecule has 1 fully saturated rings. The van der Waals surface area contributed by atoms with E-state index in [1.807, 2.05) is 6.07 Å². The average molecular weight is 560 g/mol. The highest BCUT2D eigenvalue weighted by Crippen LogP contribution is 2.46. The van der Waals surface area contributed by atoms with Crippen LogP contribution in [0.3, 0.4) is 0 Å². The maximum absolute atomic E-state index is 13.6. The minimum Gasteiger partial charge on any atom is -0.507 e. The molecule has 2 aromatic heterocycles. The molecule has 0 radical (unpaired) electrons. The number of ketones is 1. The Morgan fingerprint density at radius 3 is 2.50 bits per heavy atom. The molecule has 1 atom stereocenters. The van der Waals surface area contributed by atoms with Gasteiger partial charge < -0.3 is 19.3 Å². The third-order valence-electron chi connectivity index (χ3n) is 6.64. The maximum Gasteiger partial charge on any atom is 0.301 e. The van der Waals surface area contributed by atoms with Gasteiger partial charge in [0.1, 0.15) is 11.5 Å². The van der Waals surface area contributed by atoms with Crippen LogP contribution in [-0.4, -0.2) is 47.6 Å². The molecule has 40 heavy (non-hydrogen) atoms. The molecule has 206 valence electrons. The predicted molar refractivity (Wildman–Crippen MR) is 153 cm³/mol. The van der Waals surface area contributed by atoms with Gasteiger partial charge in [0.2, 0.25) is 0 Å². The number of rotatable bonds is 9. The topological polar surface area (TPSA) is 111 Å². The fraction of sp³-hybridized carbons (Fsp3) is 0.267. The molecule has 1 saturated heterocycles. The third kappa shape index (κ3) is 5.10. The first-order valence-electron chi connectivity index (χ1n) is 12.8. The Bertz CT molecular complexity index is 1600. The quantitative estimate of drug-likeness (QED) is 0.157. The van der Waals surface area contributed by atoms with Crippen LogP contribution in [0.4, 0.5) is 5.13 Å². The molecular formula is C30H29N3O6S. The molecule has 0 spiro atoms. The first-order chi connectivity index (χ1) is 19.3. The van der Waals surface area contributed by atoms with Crippen LogP contribution in [0.1, 0.15) is 37.4 Å². The normalized spacial score (nSPS) is 16.6. The van der Waals surface area contributed by atoms with Crippen LogP contribution in [0.15, 0.2) is 66.5 Å². The number of carbonyl (C=O) groups excluding carboxylic acids is 2. The second-order valence-electron chi connectivity index (χ2n) is 9.68. The largest absolute Gasteiger partial charge is 0.507 e. The van der Waals surface area contributed by atoms with Gasteiger partial charge in [0.25, 0.3) is 5.78 Å². The van der Waals surface area contributed by atoms with Crippen LogP contribution >= 0.6 is 11.3 Å². The fourth-order valence-electron chi connectivity index (χ4n) is 4.51. The lowest BCUT2D eigenvalue weighted by Crippen LogP contribution is -2.29. The number of amides is 1. The second kappa shape index (κ2) is 11.4. The van der Waals surface area contributed by atoms with E-state index in [4.69, 9.17) is 14.2 Å². The van der Waals surface area contributed by atoms with E-state index in [0.717, 1.165) is 11.1 Å². The van der Waals surface area contributed by atoms with Crippen molar-refractivity contribution in [1.29, 1.82) is 0 Å². The fourth-order valence-corrected chi connectivity index (χ4v) is 5.53. The molecule has 1 amide bonds. The van der Waals surface area contributed by atoms with Gasteiger partial charge in [-0.05, 0) is 60.4 Å². The monoisotopic (exact) mass is 559 g/mol. The molecule has 9 nitrogen and oxygen atoms in total. The molecule has 1 aliphatic heterocycles. The van der Waals surface area contributed by atoms with Gasteiger partial charge in [-0.2, -0.15) is 0 Å². The van der Waals surface area contributed by atoms with Crippen molar-refractivity contribution in [1.82, 2.24) is 9.97 Å². The van der Waals surface area contributed by atoms with E-state index in [1.165, 1.54) is 35.7 Å². The molecule has 0 saturated carbocycles. The van der Waals surface area contributed by atoms with Crippen molar-refractivity contribution in [2.45, 2.75) is 26.3 Å². The van der Waals surface area contributed by atoms with Gasteiger partial charge in [0.05, 0.1) is 42.7 Å². The lowest BCUT2D eigenvalue weighted by Gasteiger charge is -2.24. The number of hydrogen-bond acceptors (Lipinski definition) is 9. The molecular weight excluding hydrogens is 530 g/mol. The Kier molecular flexibility index (Phi) is 7.70. The number of aromatic nitrogens is 2. The van der Waals surface area contributed by atoms with E-state index in [-0.39, 0.29) is 11.3 Å². The lowest BCUT2D eigenvalue weighted by atomic mass is 9.95. The summed E-state index contributed by atoms with van der Waals surface area (Å²) in [5.74, 6) is 0.223. The highest BCUT2D eigenvalue weighted by atomic mass is 32.1. The minimum atomic E-state index is -0.964. The van der Waals surface area contributed by atoms with Crippen molar-refractivity contribution in [3.05, 3.63) is 77.6 Å². The number of methoxy groups -OCH3 is 2. The van der Waals surface area contributed by atoms with E-state index in [0.29, 0.717) is 51.5 Å². The number of pyridine rings is 1. The number of aliphatic hydroxyl groups is 1. The van der Waals surface area contributed by atoms with E-state index in [2.05, 4.69) is 23.8 Å². The zero-order chi connectivity index (χ0) is 28.4. The van der Waals surface area contributed by atoms with Gasteiger partial charge >= 0.3 is 5.91 Å². The van der Waals surface area contributed by atoms with Crippen LogP contribution in [-0.2, 0) is 9.59 Å². The van der Waals surface area contributed by atoms with Crippen LogP contribution in [0.2, 0.25) is 0 Å². The van der Waals surface area contributed by atoms with Crippen LogP contribution in [0.25, 0.3) is 16.0 Å². The predicted octanol–water partition coefficient (Wildman–Crippen LogP) is 5.76. The molecule has 0 aliphatic carbocycles. The van der Waals surface area contributed by atoms with Crippen molar-refractivity contribution in [2.24, 2.45) is 5.92 Å². The molecule has 1 N–H and O–H groups in total. The summed E-state index contributed by atoms with van der Waals surface area (Å²) >= 11 is 1.26. The number of benzene rings is 2. The van der Waals surface area contributed by atoms with Crippen molar-refractivity contribution in [2.75, 3.05) is 25.7 Å². The van der Waals surface area contributed by atoms with Crippen molar-refractivity contribution in [3.8, 4) is 17.2 Å². The lowest BCUT2D eigenvalue weighted by molar-refractivity contribution is -0.132. The van der Waals surface area contributed by atoms with E-state index in [1.54, 1.807) is 49.6 Å². The number of Topliss-reactive ketones (excluding diaryl/α,β-unsaturated/α-hetero) is 1. The molecule has 1 unspecified atom stereocenters. The summed E-state index contributed by atoms with van der Waals surface area (Å²) in [5, 5.41) is 11.6. The number of hydrogen-bond donors (Lipinski definition) is 1. The number of fused-ring (bicyclic) bond motifs is 1. The zero-order valence-corrected chi connectivity index (χ0v) is 23.4. The van der Waals surface area contributed by atoms with Gasteiger partial charge in [0, 0.05) is 18.0 Å². The Hall–Kier alpha value is -4.44. The Balaban J connectivity index is 1.65. The number of anilines is 1. The number of carbonyl (C=O) groups is 2. The number of nitrogens with zero attached hydrogens (tertiary/aromatic N) is 3. The first kappa shape index (κ1) is 27.1. The smallest absolute Gasteiger partial charge is 0.301 e. The number of ether oxygens (including phenoxy) is 3. The summed E-state index contributed by atoms with van der Waals surface area (Å²) in [4.78, 5) is 37.1. The number of thiazole rings is 1. The summed E-state index contributed by atoms with van der Waals surface area (Å²) < 4.78 is 17.7. The molecule has 0 bridgehead atoms. The maximum atomic E-state index is 13.6. The SMILES string of the molecule is COc1ccc2nc(N3C(=O)C(=O)/C(=C(/O)c4ccncc4)C3c3ccc(OCCC(C)C)c(OC)c3)sc2c1. The highest BCUT2D eigenvalue weighted by molar-refractivity contribution is 7.22. The third-order valence-corrected chi connectivity index (χ3v) is 7.66.